The molecule has 2 aromatic carbocycles. The standard InChI is InChI=1S/C24H25N3O3/c1-3-29-23-12-17-11-15(2)30-22(17)14-20(23)25-24(28)21-13-19(16-9-10-16)26-27(21)18-7-5-4-6-8-18/h4-8,12-16H,3,9-11H2,1-2H3,(H,25,28)/t15-/m1/s1. The molecule has 30 heavy (non-hydrogen) atoms. The van der Waals surface area contributed by atoms with Gasteiger partial charge in [0.15, 0.2) is 0 Å². The summed E-state index contributed by atoms with van der Waals surface area (Å²) in [6.07, 6.45) is 3.22. The smallest absolute Gasteiger partial charge is 0.274 e. The van der Waals surface area contributed by atoms with E-state index in [1.165, 1.54) is 0 Å². The summed E-state index contributed by atoms with van der Waals surface area (Å²) >= 11 is 0. The Balaban J connectivity index is 1.50. The molecule has 0 unspecified atom stereocenters. The van der Waals surface area contributed by atoms with Gasteiger partial charge in [-0.2, -0.15) is 5.10 Å². The van der Waals surface area contributed by atoms with E-state index >= 15 is 0 Å². The zero-order valence-corrected chi connectivity index (χ0v) is 17.2. The highest BCUT2D eigenvalue weighted by molar-refractivity contribution is 6.04. The van der Waals surface area contributed by atoms with Crippen LogP contribution in [0.1, 0.15) is 54.4 Å². The summed E-state index contributed by atoms with van der Waals surface area (Å²) in [4.78, 5) is 13.3. The van der Waals surface area contributed by atoms with E-state index in [4.69, 9.17) is 14.6 Å². The minimum absolute atomic E-state index is 0.126. The molecule has 1 aromatic heterocycles. The van der Waals surface area contributed by atoms with Gasteiger partial charge in [0.05, 0.1) is 23.7 Å². The minimum Gasteiger partial charge on any atom is -0.492 e. The number of hydrogen-bond donors (Lipinski definition) is 1. The number of carbonyl (C=O) groups excluding carboxylic acids is 1. The van der Waals surface area contributed by atoms with Crippen LogP contribution in [0.3, 0.4) is 0 Å². The van der Waals surface area contributed by atoms with Crippen molar-refractivity contribution in [3.05, 3.63) is 65.5 Å². The molecule has 1 aliphatic heterocycles. The van der Waals surface area contributed by atoms with Gasteiger partial charge < -0.3 is 14.8 Å². The summed E-state index contributed by atoms with van der Waals surface area (Å²) in [6.45, 7) is 4.49. The molecule has 1 saturated carbocycles. The number of para-hydroxylation sites is 1. The van der Waals surface area contributed by atoms with Crippen LogP contribution in [-0.4, -0.2) is 28.4 Å². The van der Waals surface area contributed by atoms with Gasteiger partial charge in [-0.1, -0.05) is 18.2 Å². The highest BCUT2D eigenvalue weighted by atomic mass is 16.5. The number of aromatic nitrogens is 2. The lowest BCUT2D eigenvalue weighted by atomic mass is 10.1. The second-order valence-electron chi connectivity index (χ2n) is 7.95. The van der Waals surface area contributed by atoms with Crippen molar-refractivity contribution in [2.75, 3.05) is 11.9 Å². The van der Waals surface area contributed by atoms with E-state index in [0.29, 0.717) is 29.7 Å². The fraction of sp³-hybridized carbons (Fsp3) is 0.333. The molecule has 1 N–H and O–H groups in total. The average molecular weight is 403 g/mol. The fourth-order valence-electron chi connectivity index (χ4n) is 3.90. The SMILES string of the molecule is CCOc1cc2c(cc1NC(=O)c1cc(C3CC3)nn1-c1ccccc1)O[C@H](C)C2. The molecule has 5 rings (SSSR count). The van der Waals surface area contributed by atoms with Gasteiger partial charge >= 0.3 is 0 Å². The lowest BCUT2D eigenvalue weighted by molar-refractivity contribution is 0.101. The van der Waals surface area contributed by atoms with Gasteiger partial charge in [-0.3, -0.25) is 4.79 Å². The minimum atomic E-state index is -0.217. The van der Waals surface area contributed by atoms with Crippen LogP contribution in [0.25, 0.3) is 5.69 Å². The summed E-state index contributed by atoms with van der Waals surface area (Å²) in [5, 5.41) is 7.77. The van der Waals surface area contributed by atoms with Gasteiger partial charge in [0.2, 0.25) is 0 Å². The van der Waals surface area contributed by atoms with E-state index in [9.17, 15) is 4.79 Å². The number of hydrogen-bond acceptors (Lipinski definition) is 4. The second kappa shape index (κ2) is 7.52. The van der Waals surface area contributed by atoms with Crippen LogP contribution in [0, 0.1) is 0 Å². The van der Waals surface area contributed by atoms with Crippen LogP contribution in [-0.2, 0) is 6.42 Å². The summed E-state index contributed by atoms with van der Waals surface area (Å²) in [7, 11) is 0. The Morgan fingerprint density at radius 1 is 1.23 bits per heavy atom. The molecule has 1 amide bonds. The van der Waals surface area contributed by atoms with Crippen LogP contribution >= 0.6 is 0 Å². The Kier molecular flexibility index (Phi) is 4.69. The number of rotatable bonds is 6. The number of anilines is 1. The maximum absolute atomic E-state index is 13.3. The Labute approximate surface area is 175 Å². The molecule has 3 aromatic rings. The normalized spacial score (nSPS) is 17.3. The Bertz CT molecular complexity index is 1090. The van der Waals surface area contributed by atoms with Gasteiger partial charge in [-0.25, -0.2) is 4.68 Å². The van der Waals surface area contributed by atoms with Crippen molar-refractivity contribution in [1.82, 2.24) is 9.78 Å². The third-order valence-corrected chi connectivity index (χ3v) is 5.50. The Morgan fingerprint density at radius 3 is 2.77 bits per heavy atom. The molecule has 1 atom stereocenters. The first-order valence-corrected chi connectivity index (χ1v) is 10.6. The Hall–Kier alpha value is -3.28. The number of ether oxygens (including phenoxy) is 2. The topological polar surface area (TPSA) is 65.4 Å². The first-order valence-electron chi connectivity index (χ1n) is 10.6. The van der Waals surface area contributed by atoms with E-state index < -0.39 is 0 Å². The number of fused-ring (bicyclic) bond motifs is 1. The van der Waals surface area contributed by atoms with E-state index in [1.807, 2.05) is 62.4 Å². The van der Waals surface area contributed by atoms with Crippen molar-refractivity contribution < 1.29 is 14.3 Å². The number of benzene rings is 2. The molecule has 154 valence electrons. The molecule has 0 bridgehead atoms. The monoisotopic (exact) mass is 403 g/mol. The second-order valence-corrected chi connectivity index (χ2v) is 7.95. The molecule has 6 nitrogen and oxygen atoms in total. The zero-order valence-electron chi connectivity index (χ0n) is 17.2. The van der Waals surface area contributed by atoms with Crippen LogP contribution in [0.2, 0.25) is 0 Å². The predicted octanol–water partition coefficient (Wildman–Crippen LogP) is 4.72. The fourth-order valence-corrected chi connectivity index (χ4v) is 3.90. The lowest BCUT2D eigenvalue weighted by Crippen LogP contribution is -2.17. The number of amides is 1. The molecule has 0 radical (unpaired) electrons. The number of carbonyl (C=O) groups is 1. The molecule has 2 heterocycles. The predicted molar refractivity (Wildman–Crippen MR) is 115 cm³/mol. The Morgan fingerprint density at radius 2 is 2.03 bits per heavy atom. The largest absolute Gasteiger partial charge is 0.492 e. The molecular weight excluding hydrogens is 378 g/mol. The van der Waals surface area contributed by atoms with Crippen LogP contribution in [0.5, 0.6) is 11.5 Å². The number of nitrogens with zero attached hydrogens (tertiary/aromatic N) is 2. The van der Waals surface area contributed by atoms with Crippen molar-refractivity contribution in [1.29, 1.82) is 0 Å². The summed E-state index contributed by atoms with van der Waals surface area (Å²) in [5.41, 5.74) is 4.07. The third-order valence-electron chi connectivity index (χ3n) is 5.50. The van der Waals surface area contributed by atoms with Gasteiger partial charge in [-0.15, -0.1) is 0 Å². The molecule has 2 aliphatic rings. The van der Waals surface area contributed by atoms with Gasteiger partial charge in [0.25, 0.3) is 5.91 Å². The van der Waals surface area contributed by atoms with Gasteiger partial charge in [0, 0.05) is 24.0 Å². The van der Waals surface area contributed by atoms with Crippen LogP contribution < -0.4 is 14.8 Å². The number of nitrogens with one attached hydrogen (secondary N) is 1. The molecule has 6 heteroatoms. The van der Waals surface area contributed by atoms with Crippen molar-refractivity contribution in [3.8, 4) is 17.2 Å². The zero-order chi connectivity index (χ0) is 20.7. The van der Waals surface area contributed by atoms with E-state index in [2.05, 4.69) is 5.32 Å². The highest BCUT2D eigenvalue weighted by Crippen LogP contribution is 2.40. The van der Waals surface area contributed by atoms with E-state index in [0.717, 1.165) is 42.0 Å². The van der Waals surface area contributed by atoms with Crippen molar-refractivity contribution in [2.45, 2.75) is 45.1 Å². The molecular formula is C24H25N3O3. The maximum Gasteiger partial charge on any atom is 0.274 e. The first kappa shape index (κ1) is 18.7. The molecule has 1 aliphatic carbocycles. The third kappa shape index (κ3) is 3.54. The summed E-state index contributed by atoms with van der Waals surface area (Å²) in [5.74, 6) is 1.70. The highest BCUT2D eigenvalue weighted by Gasteiger charge is 2.29. The molecule has 0 spiro atoms. The van der Waals surface area contributed by atoms with Crippen LogP contribution in [0.4, 0.5) is 5.69 Å². The summed E-state index contributed by atoms with van der Waals surface area (Å²) in [6, 6.07) is 15.5. The first-order chi connectivity index (χ1) is 14.6. The molecule has 1 fully saturated rings. The molecule has 0 saturated heterocycles. The van der Waals surface area contributed by atoms with E-state index in [1.54, 1.807) is 4.68 Å². The van der Waals surface area contributed by atoms with Gasteiger partial charge in [-0.05, 0) is 51.0 Å². The quantitative estimate of drug-likeness (QED) is 0.647. The summed E-state index contributed by atoms with van der Waals surface area (Å²) < 4.78 is 13.4. The van der Waals surface area contributed by atoms with Crippen molar-refractivity contribution >= 4 is 11.6 Å². The van der Waals surface area contributed by atoms with E-state index in [-0.39, 0.29) is 12.0 Å². The average Bonchev–Trinajstić information content (AvgIpc) is 3.39. The lowest BCUT2D eigenvalue weighted by Gasteiger charge is -2.14. The maximum atomic E-state index is 13.3. The van der Waals surface area contributed by atoms with Crippen molar-refractivity contribution in [2.24, 2.45) is 0 Å². The van der Waals surface area contributed by atoms with Gasteiger partial charge in [0.1, 0.15) is 23.3 Å². The van der Waals surface area contributed by atoms with Crippen molar-refractivity contribution in [3.63, 3.8) is 0 Å². The van der Waals surface area contributed by atoms with Crippen LogP contribution in [0.15, 0.2) is 48.5 Å².